The van der Waals surface area contributed by atoms with Gasteiger partial charge in [0.1, 0.15) is 5.69 Å². The van der Waals surface area contributed by atoms with Crippen LogP contribution < -0.4 is 5.32 Å². The average Bonchev–Trinajstić information content (AvgIpc) is 3.00. The van der Waals surface area contributed by atoms with Crippen LogP contribution in [0.5, 0.6) is 0 Å². The van der Waals surface area contributed by atoms with Crippen molar-refractivity contribution in [3.8, 4) is 5.69 Å². The quantitative estimate of drug-likeness (QED) is 0.940. The van der Waals surface area contributed by atoms with Gasteiger partial charge in [0.05, 0.1) is 17.6 Å². The molecule has 3 rings (SSSR count). The summed E-state index contributed by atoms with van der Waals surface area (Å²) in [4.78, 5) is 20.6. The SMILES string of the molecule is CC1(C)CC(NC(=O)c2cc(-n3ccnc3)ccn2)CCO1. The molecule has 6 nitrogen and oxygen atoms in total. The van der Waals surface area contributed by atoms with Gasteiger partial charge in [0.25, 0.3) is 5.91 Å². The predicted octanol–water partition coefficient (Wildman–Crippen LogP) is 1.95. The summed E-state index contributed by atoms with van der Waals surface area (Å²) < 4.78 is 7.52. The first-order chi connectivity index (χ1) is 10.5. The molecule has 1 unspecified atom stereocenters. The molecular formula is C16H20N4O2. The van der Waals surface area contributed by atoms with Crippen molar-refractivity contribution >= 4 is 5.91 Å². The Bertz CT molecular complexity index is 652. The maximum atomic E-state index is 12.4. The summed E-state index contributed by atoms with van der Waals surface area (Å²) in [7, 11) is 0. The number of imidazole rings is 1. The number of ether oxygens (including phenoxy) is 1. The van der Waals surface area contributed by atoms with E-state index < -0.39 is 0 Å². The van der Waals surface area contributed by atoms with Gasteiger partial charge in [-0.15, -0.1) is 0 Å². The molecule has 0 spiro atoms. The summed E-state index contributed by atoms with van der Waals surface area (Å²) in [5.74, 6) is -0.148. The molecule has 2 aromatic rings. The van der Waals surface area contributed by atoms with Crippen molar-refractivity contribution in [1.29, 1.82) is 0 Å². The Hall–Kier alpha value is -2.21. The van der Waals surface area contributed by atoms with E-state index in [2.05, 4.69) is 15.3 Å². The van der Waals surface area contributed by atoms with Crippen molar-refractivity contribution in [2.45, 2.75) is 38.3 Å². The maximum absolute atomic E-state index is 12.4. The lowest BCUT2D eigenvalue weighted by molar-refractivity contribution is -0.0615. The molecule has 1 aliphatic rings. The zero-order valence-corrected chi connectivity index (χ0v) is 12.8. The second-order valence-corrected chi connectivity index (χ2v) is 6.14. The highest BCUT2D eigenvalue weighted by molar-refractivity contribution is 5.92. The van der Waals surface area contributed by atoms with Gasteiger partial charge in [-0.25, -0.2) is 4.98 Å². The zero-order chi connectivity index (χ0) is 15.6. The molecule has 6 heteroatoms. The molecule has 1 atom stereocenters. The normalized spacial score (nSPS) is 20.5. The molecule has 1 saturated heterocycles. The van der Waals surface area contributed by atoms with Gasteiger partial charge in [-0.2, -0.15) is 0 Å². The molecule has 3 heterocycles. The number of hydrogen-bond donors (Lipinski definition) is 1. The molecule has 1 fully saturated rings. The van der Waals surface area contributed by atoms with Crippen LogP contribution in [0.4, 0.5) is 0 Å². The fourth-order valence-corrected chi connectivity index (χ4v) is 2.73. The number of carbonyl (C=O) groups excluding carboxylic acids is 1. The van der Waals surface area contributed by atoms with Crippen molar-refractivity contribution < 1.29 is 9.53 Å². The maximum Gasteiger partial charge on any atom is 0.270 e. The van der Waals surface area contributed by atoms with E-state index in [0.717, 1.165) is 18.5 Å². The van der Waals surface area contributed by atoms with E-state index in [-0.39, 0.29) is 17.6 Å². The monoisotopic (exact) mass is 300 g/mol. The molecule has 116 valence electrons. The summed E-state index contributed by atoms with van der Waals surface area (Å²) in [6.45, 7) is 4.76. The van der Waals surface area contributed by atoms with Gasteiger partial charge in [-0.05, 0) is 38.8 Å². The molecule has 1 amide bonds. The smallest absolute Gasteiger partial charge is 0.270 e. The minimum atomic E-state index is -0.192. The predicted molar refractivity (Wildman–Crippen MR) is 81.9 cm³/mol. The van der Waals surface area contributed by atoms with E-state index in [1.54, 1.807) is 24.8 Å². The molecule has 0 radical (unpaired) electrons. The van der Waals surface area contributed by atoms with Gasteiger partial charge >= 0.3 is 0 Å². The molecule has 22 heavy (non-hydrogen) atoms. The summed E-state index contributed by atoms with van der Waals surface area (Å²) in [5.41, 5.74) is 1.09. The van der Waals surface area contributed by atoms with Gasteiger partial charge in [-0.1, -0.05) is 0 Å². The van der Waals surface area contributed by atoms with Crippen LogP contribution in [0.25, 0.3) is 5.69 Å². The lowest BCUT2D eigenvalue weighted by Crippen LogP contribution is -2.46. The fourth-order valence-electron chi connectivity index (χ4n) is 2.73. The average molecular weight is 300 g/mol. The second-order valence-electron chi connectivity index (χ2n) is 6.14. The highest BCUT2D eigenvalue weighted by Crippen LogP contribution is 2.24. The van der Waals surface area contributed by atoms with Crippen LogP contribution in [0, 0.1) is 0 Å². The topological polar surface area (TPSA) is 69.0 Å². The third-order valence-electron chi connectivity index (χ3n) is 3.81. The number of carbonyl (C=O) groups is 1. The Kier molecular flexibility index (Phi) is 3.94. The van der Waals surface area contributed by atoms with Crippen LogP contribution in [-0.2, 0) is 4.74 Å². The molecule has 1 aliphatic heterocycles. The number of hydrogen-bond acceptors (Lipinski definition) is 4. The lowest BCUT2D eigenvalue weighted by Gasteiger charge is -2.35. The highest BCUT2D eigenvalue weighted by atomic mass is 16.5. The van der Waals surface area contributed by atoms with Crippen molar-refractivity contribution in [2.75, 3.05) is 6.61 Å². The first-order valence-corrected chi connectivity index (χ1v) is 7.43. The number of aromatic nitrogens is 3. The molecular weight excluding hydrogens is 280 g/mol. The Morgan fingerprint density at radius 1 is 1.45 bits per heavy atom. The van der Waals surface area contributed by atoms with Crippen LogP contribution in [0.15, 0.2) is 37.1 Å². The van der Waals surface area contributed by atoms with Crippen molar-refractivity contribution in [2.24, 2.45) is 0 Å². The van der Waals surface area contributed by atoms with E-state index in [4.69, 9.17) is 4.74 Å². The van der Waals surface area contributed by atoms with Crippen LogP contribution >= 0.6 is 0 Å². The van der Waals surface area contributed by atoms with Gasteiger partial charge in [0.2, 0.25) is 0 Å². The van der Waals surface area contributed by atoms with E-state index in [9.17, 15) is 4.79 Å². The lowest BCUT2D eigenvalue weighted by atomic mass is 9.94. The third-order valence-corrected chi connectivity index (χ3v) is 3.81. The summed E-state index contributed by atoms with van der Waals surface area (Å²) >= 11 is 0. The number of amides is 1. The van der Waals surface area contributed by atoms with Crippen LogP contribution in [0.3, 0.4) is 0 Å². The first kappa shape index (κ1) is 14.7. The Balaban J connectivity index is 1.71. The van der Waals surface area contributed by atoms with E-state index in [0.29, 0.717) is 12.3 Å². The fraction of sp³-hybridized carbons (Fsp3) is 0.438. The molecule has 0 aromatic carbocycles. The number of nitrogens with zero attached hydrogens (tertiary/aromatic N) is 3. The minimum absolute atomic E-state index is 0.120. The second kappa shape index (κ2) is 5.88. The van der Waals surface area contributed by atoms with E-state index >= 15 is 0 Å². The number of pyridine rings is 1. The van der Waals surface area contributed by atoms with Gasteiger partial charge < -0.3 is 14.6 Å². The van der Waals surface area contributed by atoms with Gasteiger partial charge in [0.15, 0.2) is 0 Å². The number of rotatable bonds is 3. The molecule has 0 bridgehead atoms. The summed E-state index contributed by atoms with van der Waals surface area (Å²) in [6, 6.07) is 3.73. The van der Waals surface area contributed by atoms with Crippen LogP contribution in [0.1, 0.15) is 37.2 Å². The molecule has 0 saturated carbocycles. The Labute approximate surface area is 129 Å². The van der Waals surface area contributed by atoms with Crippen LogP contribution in [0.2, 0.25) is 0 Å². The Morgan fingerprint density at radius 2 is 2.32 bits per heavy atom. The van der Waals surface area contributed by atoms with Gasteiger partial charge in [0, 0.05) is 31.2 Å². The largest absolute Gasteiger partial charge is 0.375 e. The molecule has 2 aromatic heterocycles. The molecule has 1 N–H and O–H groups in total. The summed E-state index contributed by atoms with van der Waals surface area (Å²) in [6.07, 6.45) is 8.49. The third kappa shape index (κ3) is 3.33. The standard InChI is InChI=1S/C16H20N4O2/c1-16(2)10-12(4-8-22-16)19-15(21)14-9-13(3-5-18-14)20-7-6-17-11-20/h3,5-7,9,11-12H,4,8,10H2,1-2H3,(H,19,21). The summed E-state index contributed by atoms with van der Waals surface area (Å²) in [5, 5.41) is 3.06. The zero-order valence-electron chi connectivity index (χ0n) is 12.8. The van der Waals surface area contributed by atoms with Crippen molar-refractivity contribution in [1.82, 2.24) is 19.9 Å². The van der Waals surface area contributed by atoms with Crippen molar-refractivity contribution in [3.05, 3.63) is 42.7 Å². The Morgan fingerprint density at radius 3 is 3.05 bits per heavy atom. The van der Waals surface area contributed by atoms with Gasteiger partial charge in [-0.3, -0.25) is 9.78 Å². The number of nitrogens with one attached hydrogen (secondary N) is 1. The molecule has 0 aliphatic carbocycles. The first-order valence-electron chi connectivity index (χ1n) is 7.43. The van der Waals surface area contributed by atoms with E-state index in [1.165, 1.54) is 0 Å². The van der Waals surface area contributed by atoms with E-state index in [1.807, 2.05) is 30.7 Å². The highest BCUT2D eigenvalue weighted by Gasteiger charge is 2.30. The van der Waals surface area contributed by atoms with Crippen LogP contribution in [-0.4, -0.2) is 38.7 Å². The minimum Gasteiger partial charge on any atom is -0.375 e. The van der Waals surface area contributed by atoms with Crippen molar-refractivity contribution in [3.63, 3.8) is 0 Å².